The van der Waals surface area contributed by atoms with E-state index in [0.717, 1.165) is 12.1 Å². The summed E-state index contributed by atoms with van der Waals surface area (Å²) in [5, 5.41) is 5.67. The van der Waals surface area contributed by atoms with Crippen LogP contribution in [0.25, 0.3) is 0 Å². The molecule has 2 amide bonds. The standard InChI is InChI=1S/C26H21ClF3N3O6/c1-14(32-33-24(35)23(34)31-20-13-17(26(28,29)30)7-10-19(20)27)16-6-11-21(22(12-16)38-3)39-25(36)15-4-8-18(37-2)9-5-15/h4-13H,1-3H3,(H,31,34)(H,33,35)/b32-14+. The number of alkyl halides is 3. The third kappa shape index (κ3) is 7.48. The molecule has 204 valence electrons. The van der Waals surface area contributed by atoms with Gasteiger partial charge in [-0.15, -0.1) is 0 Å². The number of ether oxygens (including phenoxy) is 3. The SMILES string of the molecule is COc1ccc(C(=O)Oc2ccc(/C(C)=N/NC(=O)C(=O)Nc3cc(C(F)(F)F)ccc3Cl)cc2OC)cc1. The number of carbonyl (C=O) groups is 3. The van der Waals surface area contributed by atoms with E-state index in [2.05, 4.69) is 5.10 Å². The Morgan fingerprint density at radius 2 is 1.51 bits per heavy atom. The van der Waals surface area contributed by atoms with Crippen molar-refractivity contribution in [2.45, 2.75) is 13.1 Å². The molecule has 0 unspecified atom stereocenters. The number of nitrogens with one attached hydrogen (secondary N) is 2. The molecule has 9 nitrogen and oxygen atoms in total. The molecule has 0 heterocycles. The quantitative estimate of drug-likeness (QED) is 0.136. The number of hydrazone groups is 1. The summed E-state index contributed by atoms with van der Waals surface area (Å²) in [7, 11) is 2.86. The van der Waals surface area contributed by atoms with Crippen molar-refractivity contribution >= 4 is 40.8 Å². The van der Waals surface area contributed by atoms with Crippen molar-refractivity contribution < 1.29 is 41.8 Å². The van der Waals surface area contributed by atoms with Crippen LogP contribution in [0.3, 0.4) is 0 Å². The van der Waals surface area contributed by atoms with Gasteiger partial charge in [0, 0.05) is 5.56 Å². The molecule has 3 aromatic rings. The van der Waals surface area contributed by atoms with E-state index in [-0.39, 0.29) is 27.8 Å². The lowest BCUT2D eigenvalue weighted by Crippen LogP contribution is -2.33. The molecule has 3 rings (SSSR count). The third-order valence-electron chi connectivity index (χ3n) is 5.18. The van der Waals surface area contributed by atoms with Gasteiger partial charge < -0.3 is 19.5 Å². The minimum Gasteiger partial charge on any atom is -0.497 e. The van der Waals surface area contributed by atoms with Gasteiger partial charge in [0.2, 0.25) is 0 Å². The van der Waals surface area contributed by atoms with E-state index in [4.69, 9.17) is 25.8 Å². The Bertz CT molecular complexity index is 1430. The highest BCUT2D eigenvalue weighted by molar-refractivity contribution is 6.41. The monoisotopic (exact) mass is 563 g/mol. The van der Waals surface area contributed by atoms with E-state index < -0.39 is 35.2 Å². The van der Waals surface area contributed by atoms with Crippen LogP contribution in [0, 0.1) is 0 Å². The Morgan fingerprint density at radius 3 is 2.13 bits per heavy atom. The molecule has 13 heteroatoms. The molecule has 0 saturated heterocycles. The predicted molar refractivity (Wildman–Crippen MR) is 136 cm³/mol. The molecule has 0 atom stereocenters. The van der Waals surface area contributed by atoms with Crippen molar-refractivity contribution in [1.82, 2.24) is 5.43 Å². The molecule has 2 N–H and O–H groups in total. The van der Waals surface area contributed by atoms with Gasteiger partial charge in [0.25, 0.3) is 0 Å². The largest absolute Gasteiger partial charge is 0.497 e. The second-order valence-electron chi connectivity index (χ2n) is 7.77. The Labute approximate surface area is 225 Å². The van der Waals surface area contributed by atoms with Crippen LogP contribution < -0.4 is 25.0 Å². The normalized spacial score (nSPS) is 11.4. The number of amides is 2. The fourth-order valence-corrected chi connectivity index (χ4v) is 3.25. The summed E-state index contributed by atoms with van der Waals surface area (Å²) in [5.41, 5.74) is 1.53. The molecular formula is C26H21ClF3N3O6. The maximum atomic E-state index is 12.9. The zero-order valence-electron chi connectivity index (χ0n) is 20.7. The lowest BCUT2D eigenvalue weighted by molar-refractivity contribution is -0.137. The molecule has 0 fully saturated rings. The van der Waals surface area contributed by atoms with E-state index in [1.165, 1.54) is 39.3 Å². The Hall–Kier alpha value is -4.58. The number of rotatable bonds is 7. The maximum absolute atomic E-state index is 12.9. The fourth-order valence-electron chi connectivity index (χ4n) is 3.09. The van der Waals surface area contributed by atoms with Crippen LogP contribution in [-0.4, -0.2) is 37.7 Å². The van der Waals surface area contributed by atoms with Crippen LogP contribution in [0.2, 0.25) is 5.02 Å². The van der Waals surface area contributed by atoms with Crippen LogP contribution in [0.1, 0.15) is 28.4 Å². The second kappa shape index (κ2) is 12.3. The lowest BCUT2D eigenvalue weighted by Gasteiger charge is -2.12. The smallest absolute Gasteiger partial charge is 0.416 e. The number of anilines is 1. The van der Waals surface area contributed by atoms with Crippen molar-refractivity contribution in [3.8, 4) is 17.2 Å². The number of hydrogen-bond acceptors (Lipinski definition) is 7. The molecule has 0 radical (unpaired) electrons. The van der Waals surface area contributed by atoms with Gasteiger partial charge in [-0.2, -0.15) is 18.3 Å². The first-order chi connectivity index (χ1) is 18.4. The lowest BCUT2D eigenvalue weighted by atomic mass is 10.1. The summed E-state index contributed by atoms with van der Waals surface area (Å²) in [6.07, 6.45) is -4.67. The maximum Gasteiger partial charge on any atom is 0.416 e. The summed E-state index contributed by atoms with van der Waals surface area (Å²) >= 11 is 5.83. The first kappa shape index (κ1) is 29.0. The average molecular weight is 564 g/mol. The van der Waals surface area contributed by atoms with Gasteiger partial charge in [-0.1, -0.05) is 11.6 Å². The highest BCUT2D eigenvalue weighted by atomic mass is 35.5. The van der Waals surface area contributed by atoms with Crippen molar-refractivity contribution in [2.24, 2.45) is 5.10 Å². The molecule has 0 aliphatic heterocycles. The van der Waals surface area contributed by atoms with E-state index in [9.17, 15) is 27.6 Å². The van der Waals surface area contributed by atoms with Gasteiger partial charge in [-0.05, 0) is 67.6 Å². The minimum absolute atomic E-state index is 0.122. The highest BCUT2D eigenvalue weighted by Gasteiger charge is 2.31. The first-order valence-corrected chi connectivity index (χ1v) is 11.4. The third-order valence-corrected chi connectivity index (χ3v) is 5.51. The Kier molecular flexibility index (Phi) is 9.15. The zero-order valence-corrected chi connectivity index (χ0v) is 21.4. The van der Waals surface area contributed by atoms with E-state index in [0.29, 0.717) is 17.4 Å². The molecule has 3 aromatic carbocycles. The van der Waals surface area contributed by atoms with Gasteiger partial charge in [-0.3, -0.25) is 9.59 Å². The van der Waals surface area contributed by atoms with Gasteiger partial charge in [0.15, 0.2) is 11.5 Å². The topological polar surface area (TPSA) is 115 Å². The molecule has 0 bridgehead atoms. The van der Waals surface area contributed by atoms with Crippen LogP contribution in [0.15, 0.2) is 65.8 Å². The van der Waals surface area contributed by atoms with Crippen molar-refractivity contribution in [1.29, 1.82) is 0 Å². The number of nitrogens with zero attached hydrogens (tertiary/aromatic N) is 1. The molecule has 39 heavy (non-hydrogen) atoms. The molecule has 0 aromatic heterocycles. The summed E-state index contributed by atoms with van der Waals surface area (Å²) in [6, 6.07) is 13.1. The van der Waals surface area contributed by atoms with E-state index in [1.54, 1.807) is 24.3 Å². The molecule has 0 aliphatic rings. The summed E-state index contributed by atoms with van der Waals surface area (Å²) < 4.78 is 54.5. The molecule has 0 aliphatic carbocycles. The number of carbonyl (C=O) groups excluding carboxylic acids is 3. The Morgan fingerprint density at radius 1 is 0.846 bits per heavy atom. The second-order valence-corrected chi connectivity index (χ2v) is 8.18. The van der Waals surface area contributed by atoms with Crippen LogP contribution >= 0.6 is 11.6 Å². The first-order valence-electron chi connectivity index (χ1n) is 11.0. The van der Waals surface area contributed by atoms with Crippen LogP contribution in [-0.2, 0) is 15.8 Å². The number of halogens is 4. The van der Waals surface area contributed by atoms with Gasteiger partial charge in [0.1, 0.15) is 5.75 Å². The molecule has 0 saturated carbocycles. The summed E-state index contributed by atoms with van der Waals surface area (Å²) in [5.74, 6) is -2.28. The number of hydrogen-bond donors (Lipinski definition) is 2. The summed E-state index contributed by atoms with van der Waals surface area (Å²) in [6.45, 7) is 1.51. The van der Waals surface area contributed by atoms with Crippen molar-refractivity contribution in [3.63, 3.8) is 0 Å². The average Bonchev–Trinajstić information content (AvgIpc) is 2.92. The number of methoxy groups -OCH3 is 2. The fraction of sp³-hybridized carbons (Fsp3) is 0.154. The number of benzene rings is 3. The van der Waals surface area contributed by atoms with Crippen molar-refractivity contribution in [3.05, 3.63) is 82.4 Å². The van der Waals surface area contributed by atoms with E-state index in [1.807, 2.05) is 10.7 Å². The minimum atomic E-state index is -4.67. The molecular weight excluding hydrogens is 543 g/mol. The van der Waals surface area contributed by atoms with Crippen LogP contribution in [0.4, 0.5) is 18.9 Å². The van der Waals surface area contributed by atoms with Crippen LogP contribution in [0.5, 0.6) is 17.2 Å². The number of esters is 1. The van der Waals surface area contributed by atoms with E-state index >= 15 is 0 Å². The van der Waals surface area contributed by atoms with Gasteiger partial charge >= 0.3 is 24.0 Å². The zero-order chi connectivity index (χ0) is 28.7. The highest BCUT2D eigenvalue weighted by Crippen LogP contribution is 2.34. The Balaban J connectivity index is 1.67. The van der Waals surface area contributed by atoms with Gasteiger partial charge in [-0.25, -0.2) is 10.2 Å². The summed E-state index contributed by atoms with van der Waals surface area (Å²) in [4.78, 5) is 36.8. The predicted octanol–water partition coefficient (Wildman–Crippen LogP) is 5.07. The molecule has 0 spiro atoms. The van der Waals surface area contributed by atoms with Gasteiger partial charge in [0.05, 0.1) is 41.8 Å². The van der Waals surface area contributed by atoms with Crippen molar-refractivity contribution in [2.75, 3.05) is 19.5 Å².